The number of hydrogen-bond acceptors (Lipinski definition) is 6. The summed E-state index contributed by atoms with van der Waals surface area (Å²) < 4.78 is 0. The highest BCUT2D eigenvalue weighted by Gasteiger charge is 2.01. The van der Waals surface area contributed by atoms with Gasteiger partial charge in [-0.3, -0.25) is 10.3 Å². The number of aromatic nitrogens is 1. The maximum absolute atomic E-state index is 8.29. The monoisotopic (exact) mass is 298 g/mol. The van der Waals surface area contributed by atoms with Gasteiger partial charge < -0.3 is 17.2 Å². The highest BCUT2D eigenvalue weighted by atomic mass is 32.2. The van der Waals surface area contributed by atoms with E-state index in [1.165, 1.54) is 11.3 Å². The highest BCUT2D eigenvalue weighted by Crippen LogP contribution is 2.21. The fourth-order valence-electron chi connectivity index (χ4n) is 1.03. The third-order valence-corrected chi connectivity index (χ3v) is 3.47. The van der Waals surface area contributed by atoms with Crippen molar-refractivity contribution < 1.29 is 0 Å². The molecule has 0 aliphatic carbocycles. The number of nitrogens with one attached hydrogen (secondary N) is 1. The summed E-state index contributed by atoms with van der Waals surface area (Å²) in [5.41, 5.74) is 16.8. The number of rotatable bonds is 6. The number of aliphatic imine (C=N–C) groups is 2. The molecule has 0 spiro atoms. The lowest BCUT2D eigenvalue weighted by Crippen LogP contribution is -2.27. The Morgan fingerprint density at radius 2 is 2.32 bits per heavy atom. The van der Waals surface area contributed by atoms with Crippen molar-refractivity contribution in [1.82, 2.24) is 10.3 Å². The average molecular weight is 298 g/mol. The molecule has 1 rings (SSSR count). The minimum absolute atomic E-state index is 0.00311. The first-order chi connectivity index (χ1) is 9.11. The second kappa shape index (κ2) is 8.17. The minimum Gasteiger partial charge on any atom is -0.370 e. The summed E-state index contributed by atoms with van der Waals surface area (Å²) in [4.78, 5) is 12.1. The number of thiazole rings is 1. The Hall–Kier alpha value is -1.99. The Labute approximate surface area is 118 Å². The molecule has 1 aromatic heterocycles. The van der Waals surface area contributed by atoms with Gasteiger partial charge in [0.15, 0.2) is 12.2 Å². The van der Waals surface area contributed by atoms with Crippen LogP contribution in [0.3, 0.4) is 0 Å². The molecule has 0 unspecified atom stereocenters. The number of hydrogen-bond donors (Lipinski definition) is 4. The maximum Gasteiger partial charge on any atom is 0.212 e. The molecule has 0 aliphatic rings. The molecule has 8 nitrogen and oxygen atoms in total. The number of nitrogens with two attached hydrogens (primary N) is 3. The second-order valence-corrected chi connectivity index (χ2v) is 5.16. The van der Waals surface area contributed by atoms with Crippen LogP contribution in [0, 0.1) is 11.5 Å². The largest absolute Gasteiger partial charge is 0.370 e. The molecule has 10 heteroatoms. The standard InChI is InChI=1S/C9H14N8S2/c10-5-15-8(13)14-1-2-18-3-6-4-19-9(16-6)17-7(11)12/h4H,1-3H2,(H3,13,14,15)(H4,11,12,16,17). The van der Waals surface area contributed by atoms with Crippen LogP contribution in [0.15, 0.2) is 15.4 Å². The second-order valence-electron chi connectivity index (χ2n) is 3.21. The number of nitriles is 1. The first kappa shape index (κ1) is 15.1. The van der Waals surface area contributed by atoms with Crippen molar-refractivity contribution >= 4 is 40.1 Å². The van der Waals surface area contributed by atoms with Crippen molar-refractivity contribution in [2.75, 3.05) is 12.3 Å². The molecule has 0 saturated carbocycles. The lowest BCUT2D eigenvalue weighted by Gasteiger charge is -1.97. The molecular weight excluding hydrogens is 284 g/mol. The van der Waals surface area contributed by atoms with Gasteiger partial charge in [0, 0.05) is 16.9 Å². The number of nitrogens with zero attached hydrogens (tertiary/aromatic N) is 4. The molecule has 0 saturated heterocycles. The Bertz CT molecular complexity index is 497. The van der Waals surface area contributed by atoms with E-state index in [9.17, 15) is 0 Å². The van der Waals surface area contributed by atoms with E-state index in [0.29, 0.717) is 11.7 Å². The van der Waals surface area contributed by atoms with E-state index in [2.05, 4.69) is 20.3 Å². The molecule has 19 heavy (non-hydrogen) atoms. The lowest BCUT2D eigenvalue weighted by atomic mass is 10.6. The van der Waals surface area contributed by atoms with Gasteiger partial charge in [0.2, 0.25) is 11.1 Å². The molecule has 1 heterocycles. The van der Waals surface area contributed by atoms with E-state index < -0.39 is 0 Å². The molecule has 102 valence electrons. The minimum atomic E-state index is 0.00311. The van der Waals surface area contributed by atoms with Gasteiger partial charge in [-0.2, -0.15) is 22.0 Å². The fraction of sp³-hybridized carbons (Fsp3) is 0.333. The van der Waals surface area contributed by atoms with Crippen molar-refractivity contribution in [3.63, 3.8) is 0 Å². The SMILES string of the molecule is N#CNC(N)=NCCSCc1csc(N=C(N)N)n1. The summed E-state index contributed by atoms with van der Waals surface area (Å²) in [6.07, 6.45) is 1.70. The van der Waals surface area contributed by atoms with Gasteiger partial charge in [-0.15, -0.1) is 11.3 Å². The number of thioether (sulfide) groups is 1. The van der Waals surface area contributed by atoms with Crippen LogP contribution in [0.1, 0.15) is 5.69 Å². The maximum atomic E-state index is 8.29. The van der Waals surface area contributed by atoms with Crippen molar-refractivity contribution in [2.24, 2.45) is 27.2 Å². The zero-order chi connectivity index (χ0) is 14.1. The van der Waals surface area contributed by atoms with Crippen LogP contribution >= 0.6 is 23.1 Å². The van der Waals surface area contributed by atoms with Gasteiger partial charge >= 0.3 is 0 Å². The van der Waals surface area contributed by atoms with Crippen LogP contribution in [0.25, 0.3) is 0 Å². The molecule has 0 amide bonds. The van der Waals surface area contributed by atoms with E-state index in [1.807, 2.05) is 5.38 Å². The van der Waals surface area contributed by atoms with Crippen LogP contribution < -0.4 is 22.5 Å². The molecule has 0 radical (unpaired) electrons. The zero-order valence-electron chi connectivity index (χ0n) is 10.0. The summed E-state index contributed by atoms with van der Waals surface area (Å²) in [6.45, 7) is 0.538. The van der Waals surface area contributed by atoms with Crippen LogP contribution in [0.5, 0.6) is 0 Å². The Kier molecular flexibility index (Phi) is 6.48. The van der Waals surface area contributed by atoms with Gasteiger partial charge in [-0.25, -0.2) is 4.98 Å². The van der Waals surface area contributed by atoms with Gasteiger partial charge in [0.25, 0.3) is 0 Å². The van der Waals surface area contributed by atoms with Crippen molar-refractivity contribution in [1.29, 1.82) is 5.26 Å². The Morgan fingerprint density at radius 3 is 3.00 bits per heavy atom. The normalized spacial score (nSPS) is 10.8. The molecule has 0 aliphatic heterocycles. The quantitative estimate of drug-likeness (QED) is 0.184. The smallest absolute Gasteiger partial charge is 0.212 e. The average Bonchev–Trinajstić information content (AvgIpc) is 2.75. The molecule has 0 bridgehead atoms. The van der Waals surface area contributed by atoms with Gasteiger partial charge in [0.05, 0.1) is 12.2 Å². The van der Waals surface area contributed by atoms with Crippen molar-refractivity contribution in [3.8, 4) is 6.19 Å². The predicted octanol–water partition coefficient (Wildman–Crippen LogP) is -0.333. The van der Waals surface area contributed by atoms with E-state index >= 15 is 0 Å². The molecule has 1 aromatic rings. The van der Waals surface area contributed by atoms with Crippen LogP contribution in [-0.2, 0) is 5.75 Å². The van der Waals surface area contributed by atoms with E-state index in [4.69, 9.17) is 22.5 Å². The topological polar surface area (TPSA) is 151 Å². The van der Waals surface area contributed by atoms with Crippen molar-refractivity contribution in [2.45, 2.75) is 5.75 Å². The Morgan fingerprint density at radius 1 is 1.53 bits per heavy atom. The van der Waals surface area contributed by atoms with E-state index in [1.54, 1.807) is 18.0 Å². The lowest BCUT2D eigenvalue weighted by molar-refractivity contribution is 1.09. The van der Waals surface area contributed by atoms with Gasteiger partial charge in [-0.1, -0.05) is 0 Å². The Balaban J connectivity index is 2.27. The van der Waals surface area contributed by atoms with Crippen LogP contribution in [0.2, 0.25) is 0 Å². The summed E-state index contributed by atoms with van der Waals surface area (Å²) in [6, 6.07) is 0. The third kappa shape index (κ3) is 6.49. The van der Waals surface area contributed by atoms with Gasteiger partial charge in [0.1, 0.15) is 0 Å². The van der Waals surface area contributed by atoms with E-state index in [-0.39, 0.29) is 11.9 Å². The van der Waals surface area contributed by atoms with Crippen LogP contribution in [0.4, 0.5) is 5.13 Å². The third-order valence-electron chi connectivity index (χ3n) is 1.72. The first-order valence-corrected chi connectivity index (χ1v) is 7.22. The number of guanidine groups is 2. The zero-order valence-corrected chi connectivity index (χ0v) is 11.7. The highest BCUT2D eigenvalue weighted by molar-refractivity contribution is 7.98. The fourth-order valence-corrected chi connectivity index (χ4v) is 2.56. The summed E-state index contributed by atoms with van der Waals surface area (Å²) in [7, 11) is 0. The molecule has 7 N–H and O–H groups in total. The first-order valence-electron chi connectivity index (χ1n) is 5.18. The summed E-state index contributed by atoms with van der Waals surface area (Å²) in [5, 5.41) is 13.0. The summed E-state index contributed by atoms with van der Waals surface area (Å²) in [5.74, 6) is 1.66. The molecule has 0 atom stereocenters. The van der Waals surface area contributed by atoms with Gasteiger partial charge in [-0.05, 0) is 0 Å². The summed E-state index contributed by atoms with van der Waals surface area (Å²) >= 11 is 3.05. The molecule has 0 aromatic carbocycles. The predicted molar refractivity (Wildman–Crippen MR) is 79.0 cm³/mol. The van der Waals surface area contributed by atoms with E-state index in [0.717, 1.165) is 17.2 Å². The van der Waals surface area contributed by atoms with Crippen molar-refractivity contribution in [3.05, 3.63) is 11.1 Å². The molecule has 0 fully saturated rings. The molecular formula is C9H14N8S2. The van der Waals surface area contributed by atoms with Crippen LogP contribution in [-0.4, -0.2) is 29.2 Å².